The number of benzene rings is 1. The number of methoxy groups -OCH3 is 1. The van der Waals surface area contributed by atoms with E-state index in [2.05, 4.69) is 4.98 Å². The first-order valence-corrected chi connectivity index (χ1v) is 5.72. The van der Waals surface area contributed by atoms with Gasteiger partial charge in [0.2, 0.25) is 0 Å². The molecule has 0 spiro atoms. The van der Waals surface area contributed by atoms with Gasteiger partial charge in [-0.3, -0.25) is 4.98 Å². The second-order valence-electron chi connectivity index (χ2n) is 3.85. The van der Waals surface area contributed by atoms with E-state index in [1.54, 1.807) is 19.5 Å². The zero-order valence-electron chi connectivity index (χ0n) is 10.2. The molecule has 94 valence electrons. The van der Waals surface area contributed by atoms with Crippen molar-refractivity contribution in [1.29, 1.82) is 0 Å². The Morgan fingerprint density at radius 1 is 1.22 bits per heavy atom. The summed E-state index contributed by atoms with van der Waals surface area (Å²) in [6, 6.07) is 11.1. The number of rotatable bonds is 5. The highest BCUT2D eigenvalue weighted by atomic mass is 16.5. The number of hydrogen-bond acceptors (Lipinski definition) is 4. The predicted octanol–water partition coefficient (Wildman–Crippen LogP) is 2.17. The number of aromatic nitrogens is 1. The van der Waals surface area contributed by atoms with Crippen molar-refractivity contribution in [2.75, 3.05) is 13.7 Å². The van der Waals surface area contributed by atoms with Crippen LogP contribution in [-0.2, 0) is 0 Å². The molecule has 2 N–H and O–H groups in total. The summed E-state index contributed by atoms with van der Waals surface area (Å²) < 4.78 is 10.8. The van der Waals surface area contributed by atoms with E-state index in [9.17, 15) is 0 Å². The average molecular weight is 244 g/mol. The number of ether oxygens (including phenoxy) is 2. The molecule has 18 heavy (non-hydrogen) atoms. The molecule has 4 nitrogen and oxygen atoms in total. The first kappa shape index (κ1) is 12.4. The van der Waals surface area contributed by atoms with Crippen molar-refractivity contribution in [1.82, 2.24) is 4.98 Å². The Morgan fingerprint density at radius 3 is 2.78 bits per heavy atom. The van der Waals surface area contributed by atoms with Crippen LogP contribution in [0, 0.1) is 0 Å². The lowest BCUT2D eigenvalue weighted by atomic mass is 10.1. The second-order valence-corrected chi connectivity index (χ2v) is 3.85. The van der Waals surface area contributed by atoms with Gasteiger partial charge in [-0.2, -0.15) is 0 Å². The van der Waals surface area contributed by atoms with Crippen molar-refractivity contribution in [3.8, 4) is 11.5 Å². The maximum atomic E-state index is 6.09. The van der Waals surface area contributed by atoms with Crippen molar-refractivity contribution in [3.63, 3.8) is 0 Å². The van der Waals surface area contributed by atoms with Gasteiger partial charge in [0.05, 0.1) is 19.3 Å². The zero-order valence-corrected chi connectivity index (χ0v) is 10.2. The van der Waals surface area contributed by atoms with Gasteiger partial charge in [0.1, 0.15) is 18.1 Å². The summed E-state index contributed by atoms with van der Waals surface area (Å²) in [5.41, 5.74) is 7.03. The topological polar surface area (TPSA) is 57.4 Å². The van der Waals surface area contributed by atoms with Crippen molar-refractivity contribution in [2.45, 2.75) is 6.04 Å². The van der Waals surface area contributed by atoms with E-state index in [-0.39, 0.29) is 6.04 Å². The summed E-state index contributed by atoms with van der Waals surface area (Å²) in [5, 5.41) is 0. The Hall–Kier alpha value is -2.07. The third kappa shape index (κ3) is 2.99. The van der Waals surface area contributed by atoms with Crippen molar-refractivity contribution in [2.24, 2.45) is 5.73 Å². The Balaban J connectivity index is 2.01. The van der Waals surface area contributed by atoms with Crippen LogP contribution in [0.1, 0.15) is 11.6 Å². The molecule has 0 aliphatic rings. The maximum absolute atomic E-state index is 6.09. The van der Waals surface area contributed by atoms with Crippen LogP contribution in [0.5, 0.6) is 11.5 Å². The Bertz CT molecular complexity index is 488. The Labute approximate surface area is 106 Å². The van der Waals surface area contributed by atoms with E-state index in [1.165, 1.54) is 0 Å². The van der Waals surface area contributed by atoms with Crippen molar-refractivity contribution >= 4 is 0 Å². The monoisotopic (exact) mass is 244 g/mol. The fourth-order valence-corrected chi connectivity index (χ4v) is 1.68. The van der Waals surface area contributed by atoms with Crippen LogP contribution in [0.2, 0.25) is 0 Å². The van der Waals surface area contributed by atoms with Gasteiger partial charge < -0.3 is 15.2 Å². The minimum Gasteiger partial charge on any atom is -0.496 e. The number of para-hydroxylation sites is 1. The minimum atomic E-state index is -0.235. The summed E-state index contributed by atoms with van der Waals surface area (Å²) in [5.74, 6) is 1.49. The van der Waals surface area contributed by atoms with Gasteiger partial charge in [0.25, 0.3) is 0 Å². The molecule has 0 aliphatic carbocycles. The van der Waals surface area contributed by atoms with Gasteiger partial charge in [-0.25, -0.2) is 0 Å². The molecule has 1 aromatic carbocycles. The SMILES string of the molecule is COc1ccccc1C(N)COc1cccnc1. The number of nitrogens with two attached hydrogens (primary N) is 1. The molecular formula is C14H16N2O2. The smallest absolute Gasteiger partial charge is 0.137 e. The highest BCUT2D eigenvalue weighted by molar-refractivity contribution is 5.35. The van der Waals surface area contributed by atoms with Crippen LogP contribution >= 0.6 is 0 Å². The summed E-state index contributed by atoms with van der Waals surface area (Å²) >= 11 is 0. The lowest BCUT2D eigenvalue weighted by molar-refractivity contribution is 0.285. The lowest BCUT2D eigenvalue weighted by Crippen LogP contribution is -2.19. The summed E-state index contributed by atoms with van der Waals surface area (Å²) in [4.78, 5) is 3.98. The van der Waals surface area contributed by atoms with Gasteiger partial charge >= 0.3 is 0 Å². The molecule has 0 fully saturated rings. The Kier molecular flexibility index (Phi) is 4.15. The predicted molar refractivity (Wildman–Crippen MR) is 69.7 cm³/mol. The van der Waals surface area contributed by atoms with Crippen molar-refractivity contribution < 1.29 is 9.47 Å². The average Bonchev–Trinajstić information content (AvgIpc) is 2.45. The fraction of sp³-hybridized carbons (Fsp3) is 0.214. The van der Waals surface area contributed by atoms with E-state index in [1.807, 2.05) is 36.4 Å². The molecule has 0 bridgehead atoms. The lowest BCUT2D eigenvalue weighted by Gasteiger charge is -2.16. The highest BCUT2D eigenvalue weighted by Crippen LogP contribution is 2.23. The third-order valence-electron chi connectivity index (χ3n) is 2.60. The number of hydrogen-bond donors (Lipinski definition) is 1. The minimum absolute atomic E-state index is 0.235. The highest BCUT2D eigenvalue weighted by Gasteiger charge is 2.11. The van der Waals surface area contributed by atoms with E-state index < -0.39 is 0 Å². The van der Waals surface area contributed by atoms with Gasteiger partial charge in [-0.1, -0.05) is 18.2 Å². The zero-order chi connectivity index (χ0) is 12.8. The molecule has 0 aliphatic heterocycles. The standard InChI is InChI=1S/C14H16N2O2/c1-17-14-7-3-2-6-12(14)13(15)10-18-11-5-4-8-16-9-11/h2-9,13H,10,15H2,1H3. The number of pyridine rings is 1. The van der Waals surface area contributed by atoms with Gasteiger partial charge in [0, 0.05) is 11.8 Å². The van der Waals surface area contributed by atoms with Gasteiger partial charge in [-0.05, 0) is 18.2 Å². The van der Waals surface area contributed by atoms with Crippen LogP contribution in [0.4, 0.5) is 0 Å². The van der Waals surface area contributed by atoms with Crippen LogP contribution < -0.4 is 15.2 Å². The van der Waals surface area contributed by atoms with E-state index in [0.29, 0.717) is 12.4 Å². The first-order chi connectivity index (χ1) is 8.81. The van der Waals surface area contributed by atoms with E-state index >= 15 is 0 Å². The van der Waals surface area contributed by atoms with E-state index in [4.69, 9.17) is 15.2 Å². The normalized spacial score (nSPS) is 11.9. The molecule has 2 aromatic rings. The summed E-state index contributed by atoms with van der Waals surface area (Å²) in [6.07, 6.45) is 3.36. The van der Waals surface area contributed by atoms with Crippen LogP contribution in [-0.4, -0.2) is 18.7 Å². The fourth-order valence-electron chi connectivity index (χ4n) is 1.68. The quantitative estimate of drug-likeness (QED) is 0.875. The van der Waals surface area contributed by atoms with Gasteiger partial charge in [0.15, 0.2) is 0 Å². The molecule has 1 aromatic heterocycles. The second kappa shape index (κ2) is 6.02. The molecule has 1 heterocycles. The van der Waals surface area contributed by atoms with Crippen LogP contribution in [0.3, 0.4) is 0 Å². The Morgan fingerprint density at radius 2 is 2.06 bits per heavy atom. The molecule has 1 atom stereocenters. The summed E-state index contributed by atoms with van der Waals surface area (Å²) in [6.45, 7) is 0.381. The molecule has 0 radical (unpaired) electrons. The van der Waals surface area contributed by atoms with Crippen molar-refractivity contribution in [3.05, 3.63) is 54.4 Å². The molecule has 0 amide bonds. The largest absolute Gasteiger partial charge is 0.496 e. The van der Waals surface area contributed by atoms with Crippen LogP contribution in [0.25, 0.3) is 0 Å². The molecule has 1 unspecified atom stereocenters. The molecule has 4 heteroatoms. The number of nitrogens with zero attached hydrogens (tertiary/aromatic N) is 1. The van der Waals surface area contributed by atoms with Gasteiger partial charge in [-0.15, -0.1) is 0 Å². The third-order valence-corrected chi connectivity index (χ3v) is 2.60. The van der Waals surface area contributed by atoms with E-state index in [0.717, 1.165) is 11.3 Å². The first-order valence-electron chi connectivity index (χ1n) is 5.72. The molecule has 0 saturated heterocycles. The molecule has 0 saturated carbocycles. The molecular weight excluding hydrogens is 228 g/mol. The maximum Gasteiger partial charge on any atom is 0.137 e. The van der Waals surface area contributed by atoms with Crippen LogP contribution in [0.15, 0.2) is 48.8 Å². The summed E-state index contributed by atoms with van der Waals surface area (Å²) in [7, 11) is 1.63. The molecule has 2 rings (SSSR count).